The van der Waals surface area contributed by atoms with Crippen molar-refractivity contribution < 1.29 is 4.79 Å². The minimum Gasteiger partial charge on any atom is -0.380 e. The van der Waals surface area contributed by atoms with Crippen molar-refractivity contribution in [3.8, 4) is 0 Å². The summed E-state index contributed by atoms with van der Waals surface area (Å²) in [5.41, 5.74) is 4.25. The van der Waals surface area contributed by atoms with Gasteiger partial charge in [-0.3, -0.25) is 9.78 Å². The number of aryl methyl sites for hydroxylation is 2. The van der Waals surface area contributed by atoms with Crippen LogP contribution in [0.1, 0.15) is 21.5 Å². The lowest BCUT2D eigenvalue weighted by Crippen LogP contribution is -2.14. The van der Waals surface area contributed by atoms with Crippen molar-refractivity contribution in [1.82, 2.24) is 4.98 Å². The Labute approximate surface area is 124 Å². The fraction of sp³-hybridized carbons (Fsp3) is 0.176. The highest BCUT2D eigenvalue weighted by molar-refractivity contribution is 6.05. The van der Waals surface area contributed by atoms with Gasteiger partial charge < -0.3 is 10.6 Å². The zero-order valence-electron chi connectivity index (χ0n) is 12.3. The third-order valence-corrected chi connectivity index (χ3v) is 3.17. The predicted molar refractivity (Wildman–Crippen MR) is 86.8 cm³/mol. The van der Waals surface area contributed by atoms with Gasteiger partial charge in [0.25, 0.3) is 5.91 Å². The second-order valence-electron chi connectivity index (χ2n) is 4.85. The summed E-state index contributed by atoms with van der Waals surface area (Å²) in [5, 5.41) is 6.07. The molecule has 2 N–H and O–H groups in total. The molecule has 2 aromatic rings. The summed E-state index contributed by atoms with van der Waals surface area (Å²) in [6.45, 7) is 8.23. The van der Waals surface area contributed by atoms with Crippen molar-refractivity contribution in [2.75, 3.05) is 17.2 Å². The van der Waals surface area contributed by atoms with E-state index in [-0.39, 0.29) is 5.91 Å². The number of rotatable bonds is 5. The van der Waals surface area contributed by atoms with Crippen LogP contribution in [0.3, 0.4) is 0 Å². The van der Waals surface area contributed by atoms with Gasteiger partial charge in [0.15, 0.2) is 0 Å². The molecule has 0 aliphatic rings. The molecule has 0 spiro atoms. The maximum Gasteiger partial charge on any atom is 0.257 e. The second kappa shape index (κ2) is 6.70. The zero-order valence-corrected chi connectivity index (χ0v) is 12.3. The quantitative estimate of drug-likeness (QED) is 0.824. The number of nitrogens with one attached hydrogen (secondary N) is 2. The highest BCUT2D eigenvalue weighted by Gasteiger charge is 2.10. The number of carbonyl (C=O) groups excluding carboxylic acids is 1. The van der Waals surface area contributed by atoms with Gasteiger partial charge in [0.05, 0.1) is 11.3 Å². The maximum absolute atomic E-state index is 12.3. The number of hydrogen-bond donors (Lipinski definition) is 2. The monoisotopic (exact) mass is 281 g/mol. The Hall–Kier alpha value is -2.62. The van der Waals surface area contributed by atoms with Crippen molar-refractivity contribution in [2.24, 2.45) is 0 Å². The lowest BCUT2D eigenvalue weighted by atomic mass is 10.1. The van der Waals surface area contributed by atoms with E-state index < -0.39 is 0 Å². The van der Waals surface area contributed by atoms with E-state index in [0.29, 0.717) is 12.1 Å². The first-order valence-corrected chi connectivity index (χ1v) is 6.79. The molecule has 1 heterocycles. The van der Waals surface area contributed by atoms with Crippen LogP contribution in [-0.4, -0.2) is 17.4 Å². The van der Waals surface area contributed by atoms with Gasteiger partial charge in [0.2, 0.25) is 0 Å². The van der Waals surface area contributed by atoms with E-state index in [4.69, 9.17) is 0 Å². The molecule has 0 radical (unpaired) electrons. The largest absolute Gasteiger partial charge is 0.380 e. The minimum atomic E-state index is -0.165. The highest BCUT2D eigenvalue weighted by Crippen LogP contribution is 2.20. The average molecular weight is 281 g/mol. The number of amides is 1. The van der Waals surface area contributed by atoms with Gasteiger partial charge in [0, 0.05) is 24.6 Å². The summed E-state index contributed by atoms with van der Waals surface area (Å²) < 4.78 is 0. The summed E-state index contributed by atoms with van der Waals surface area (Å²) in [4.78, 5) is 16.4. The zero-order chi connectivity index (χ0) is 15.2. The Bertz CT molecular complexity index is 645. The van der Waals surface area contributed by atoms with Gasteiger partial charge in [-0.2, -0.15) is 0 Å². The average Bonchev–Trinajstić information content (AvgIpc) is 2.49. The molecule has 4 nitrogen and oxygen atoms in total. The van der Waals surface area contributed by atoms with Crippen molar-refractivity contribution in [1.29, 1.82) is 0 Å². The maximum atomic E-state index is 12.3. The fourth-order valence-electron chi connectivity index (χ4n) is 2.05. The molecule has 0 aliphatic heterocycles. The highest BCUT2D eigenvalue weighted by atomic mass is 16.1. The van der Waals surface area contributed by atoms with Gasteiger partial charge in [0.1, 0.15) is 0 Å². The number of pyridine rings is 1. The van der Waals surface area contributed by atoms with Crippen molar-refractivity contribution in [2.45, 2.75) is 13.8 Å². The first kappa shape index (κ1) is 14.8. The van der Waals surface area contributed by atoms with Crippen LogP contribution in [-0.2, 0) is 0 Å². The van der Waals surface area contributed by atoms with Gasteiger partial charge in [-0.1, -0.05) is 24.3 Å². The Morgan fingerprint density at radius 3 is 2.67 bits per heavy atom. The molecular formula is C17H19N3O. The van der Waals surface area contributed by atoms with E-state index >= 15 is 0 Å². The molecule has 0 atom stereocenters. The predicted octanol–water partition coefficient (Wildman–Crippen LogP) is 3.55. The first-order chi connectivity index (χ1) is 10.1. The van der Waals surface area contributed by atoms with Crippen LogP contribution in [0.5, 0.6) is 0 Å². The molecule has 0 unspecified atom stereocenters. The van der Waals surface area contributed by atoms with Crippen LogP contribution in [0.2, 0.25) is 0 Å². The fourth-order valence-corrected chi connectivity index (χ4v) is 2.05. The topological polar surface area (TPSA) is 54.0 Å². The molecule has 21 heavy (non-hydrogen) atoms. The Morgan fingerprint density at radius 2 is 2.00 bits per heavy atom. The molecular weight excluding hydrogens is 262 g/mol. The lowest BCUT2D eigenvalue weighted by Gasteiger charge is -2.12. The third kappa shape index (κ3) is 3.69. The van der Waals surface area contributed by atoms with Gasteiger partial charge in [-0.05, 0) is 31.0 Å². The normalized spacial score (nSPS) is 10.0. The number of benzene rings is 1. The van der Waals surface area contributed by atoms with Crippen molar-refractivity contribution >= 4 is 17.3 Å². The molecule has 4 heteroatoms. The number of anilines is 2. The minimum absolute atomic E-state index is 0.165. The molecule has 2 rings (SSSR count). The number of hydrogen-bond acceptors (Lipinski definition) is 3. The third-order valence-electron chi connectivity index (χ3n) is 3.17. The van der Waals surface area contributed by atoms with E-state index in [1.54, 1.807) is 24.5 Å². The molecule has 0 aliphatic carbocycles. The van der Waals surface area contributed by atoms with Crippen molar-refractivity contribution in [3.05, 3.63) is 66.0 Å². The first-order valence-electron chi connectivity index (χ1n) is 6.79. The summed E-state index contributed by atoms with van der Waals surface area (Å²) in [6, 6.07) is 7.70. The van der Waals surface area contributed by atoms with Gasteiger partial charge in [-0.15, -0.1) is 6.58 Å². The molecule has 108 valence electrons. The Kier molecular flexibility index (Phi) is 4.72. The van der Waals surface area contributed by atoms with E-state index in [2.05, 4.69) is 22.2 Å². The van der Waals surface area contributed by atoms with E-state index in [9.17, 15) is 4.79 Å². The summed E-state index contributed by atoms with van der Waals surface area (Å²) in [6.07, 6.45) is 4.99. The molecule has 0 bridgehead atoms. The molecule has 0 saturated carbocycles. The number of para-hydroxylation sites is 1. The lowest BCUT2D eigenvalue weighted by molar-refractivity contribution is 0.102. The molecule has 1 aromatic carbocycles. The summed E-state index contributed by atoms with van der Waals surface area (Å²) >= 11 is 0. The standard InChI is InChI=1S/C17H19N3O/c1-4-8-19-15-9-14(10-18-11-15)17(21)20-16-12(2)6-5-7-13(16)3/h4-7,9-11,19H,1,8H2,2-3H3,(H,20,21). The number of carbonyl (C=O) groups is 1. The molecule has 0 saturated heterocycles. The second-order valence-corrected chi connectivity index (χ2v) is 4.85. The van der Waals surface area contributed by atoms with E-state index in [1.165, 1.54) is 0 Å². The smallest absolute Gasteiger partial charge is 0.257 e. The number of aromatic nitrogens is 1. The van der Waals surface area contributed by atoms with E-state index in [1.807, 2.05) is 32.0 Å². The van der Waals surface area contributed by atoms with Crippen LogP contribution >= 0.6 is 0 Å². The van der Waals surface area contributed by atoms with Crippen LogP contribution < -0.4 is 10.6 Å². The van der Waals surface area contributed by atoms with Gasteiger partial charge >= 0.3 is 0 Å². The van der Waals surface area contributed by atoms with Crippen molar-refractivity contribution in [3.63, 3.8) is 0 Å². The summed E-state index contributed by atoms with van der Waals surface area (Å²) in [7, 11) is 0. The van der Waals surface area contributed by atoms with E-state index in [0.717, 1.165) is 22.5 Å². The summed E-state index contributed by atoms with van der Waals surface area (Å²) in [5.74, 6) is -0.165. The van der Waals surface area contributed by atoms with Crippen LogP contribution in [0.25, 0.3) is 0 Å². The molecule has 1 amide bonds. The van der Waals surface area contributed by atoms with Crippen LogP contribution in [0.15, 0.2) is 49.3 Å². The van der Waals surface area contributed by atoms with Gasteiger partial charge in [-0.25, -0.2) is 0 Å². The molecule has 1 aromatic heterocycles. The van der Waals surface area contributed by atoms with Crippen LogP contribution in [0.4, 0.5) is 11.4 Å². The Morgan fingerprint density at radius 1 is 1.29 bits per heavy atom. The number of nitrogens with zero attached hydrogens (tertiary/aromatic N) is 1. The SMILES string of the molecule is C=CCNc1cncc(C(=O)Nc2c(C)cccc2C)c1. The Balaban J connectivity index is 2.18. The molecule has 0 fully saturated rings. The van der Waals surface area contributed by atoms with Crippen LogP contribution in [0, 0.1) is 13.8 Å².